The molecule has 1 atom stereocenters. The fourth-order valence-corrected chi connectivity index (χ4v) is 2.02. The molecule has 0 saturated carbocycles. The molecule has 82 valence electrons. The highest BCUT2D eigenvalue weighted by atomic mass is 19.2. The van der Waals surface area contributed by atoms with Gasteiger partial charge >= 0.3 is 0 Å². The molecule has 0 N–H and O–H groups in total. The number of hydrogen-bond donors (Lipinski definition) is 0. The number of allylic oxidation sites excluding steroid dienone is 2. The third-order valence-electron chi connectivity index (χ3n) is 3.13. The fraction of sp³-hybridized carbons (Fsp3) is 0.385. The molecule has 0 aliphatic heterocycles. The molecule has 1 aliphatic rings. The maximum Gasteiger partial charge on any atom is 0.165 e. The molecule has 0 saturated heterocycles. The van der Waals surface area contributed by atoms with Crippen LogP contribution in [0.5, 0.6) is 0 Å². The molecule has 1 aliphatic carbocycles. The zero-order valence-corrected chi connectivity index (χ0v) is 9.26. The Morgan fingerprint density at radius 3 is 2.62 bits per heavy atom. The minimum absolute atomic E-state index is 0.133. The Morgan fingerprint density at radius 1 is 1.25 bits per heavy atom. The second-order valence-electron chi connectivity index (χ2n) is 4.44. The molecule has 1 unspecified atom stereocenters. The van der Waals surface area contributed by atoms with Crippen molar-refractivity contribution >= 4 is 18.9 Å². The van der Waals surface area contributed by atoms with E-state index >= 15 is 0 Å². The van der Waals surface area contributed by atoms with E-state index in [0.29, 0.717) is 11.5 Å². The van der Waals surface area contributed by atoms with Crippen molar-refractivity contribution in [3.63, 3.8) is 0 Å². The summed E-state index contributed by atoms with van der Waals surface area (Å²) in [7, 11) is 5.31. The zero-order valence-electron chi connectivity index (χ0n) is 9.26. The van der Waals surface area contributed by atoms with Gasteiger partial charge in [-0.25, -0.2) is 8.78 Å². The molecule has 2 radical (unpaired) electrons. The largest absolute Gasteiger partial charge is 0.204 e. The van der Waals surface area contributed by atoms with E-state index in [4.69, 9.17) is 7.85 Å². The molecule has 16 heavy (non-hydrogen) atoms. The van der Waals surface area contributed by atoms with Crippen molar-refractivity contribution in [3.8, 4) is 0 Å². The van der Waals surface area contributed by atoms with Gasteiger partial charge in [0.25, 0.3) is 0 Å². The second kappa shape index (κ2) is 4.40. The van der Waals surface area contributed by atoms with E-state index in [1.807, 2.05) is 6.08 Å². The summed E-state index contributed by atoms with van der Waals surface area (Å²) in [6, 6.07) is 2.99. The van der Waals surface area contributed by atoms with E-state index in [2.05, 4.69) is 6.92 Å². The van der Waals surface area contributed by atoms with Crippen molar-refractivity contribution in [2.24, 2.45) is 5.92 Å². The smallest absolute Gasteiger partial charge is 0.165 e. The fourth-order valence-electron chi connectivity index (χ4n) is 2.02. The molecular formula is C13H13BF2. The molecule has 0 heterocycles. The predicted molar refractivity (Wildman–Crippen MR) is 62.7 cm³/mol. The summed E-state index contributed by atoms with van der Waals surface area (Å²) in [6.07, 6.45) is 4.77. The molecule has 1 aromatic rings. The van der Waals surface area contributed by atoms with Crippen LogP contribution in [0.2, 0.25) is 0 Å². The summed E-state index contributed by atoms with van der Waals surface area (Å²) < 4.78 is 26.9. The highest BCUT2D eigenvalue weighted by Crippen LogP contribution is 2.31. The highest BCUT2D eigenvalue weighted by Gasteiger charge is 2.17. The lowest BCUT2D eigenvalue weighted by Gasteiger charge is -2.19. The minimum Gasteiger partial charge on any atom is -0.204 e. The summed E-state index contributed by atoms with van der Waals surface area (Å²) in [5, 5.41) is 0. The molecule has 0 spiro atoms. The van der Waals surface area contributed by atoms with Gasteiger partial charge in [-0.05, 0) is 30.8 Å². The molecule has 0 bridgehead atoms. The molecule has 3 heteroatoms. The van der Waals surface area contributed by atoms with Crippen molar-refractivity contribution in [1.29, 1.82) is 0 Å². The van der Waals surface area contributed by atoms with Gasteiger partial charge in [-0.3, -0.25) is 0 Å². The van der Waals surface area contributed by atoms with Gasteiger partial charge in [0, 0.05) is 5.56 Å². The summed E-state index contributed by atoms with van der Waals surface area (Å²) in [6.45, 7) is 2.16. The second-order valence-corrected chi connectivity index (χ2v) is 4.44. The molecule has 0 aromatic heterocycles. The third-order valence-corrected chi connectivity index (χ3v) is 3.13. The van der Waals surface area contributed by atoms with E-state index in [9.17, 15) is 8.78 Å². The first-order valence-corrected chi connectivity index (χ1v) is 5.52. The minimum atomic E-state index is -0.933. The Bertz CT molecular complexity index is 438. The van der Waals surface area contributed by atoms with Gasteiger partial charge in [-0.1, -0.05) is 30.6 Å². The summed E-state index contributed by atoms with van der Waals surface area (Å²) in [4.78, 5) is 0. The van der Waals surface area contributed by atoms with Gasteiger partial charge in [0.2, 0.25) is 0 Å². The van der Waals surface area contributed by atoms with Crippen molar-refractivity contribution in [2.45, 2.75) is 26.2 Å². The Hall–Kier alpha value is -1.12. The van der Waals surface area contributed by atoms with Crippen LogP contribution in [0.3, 0.4) is 0 Å². The third kappa shape index (κ3) is 2.04. The first kappa shape index (κ1) is 11.4. The topological polar surface area (TPSA) is 0 Å². The summed E-state index contributed by atoms with van der Waals surface area (Å²) in [5.74, 6) is -1.12. The first-order chi connectivity index (χ1) is 7.59. The number of hydrogen-bond acceptors (Lipinski definition) is 0. The zero-order chi connectivity index (χ0) is 11.7. The van der Waals surface area contributed by atoms with Crippen LogP contribution in [0.1, 0.15) is 31.7 Å². The van der Waals surface area contributed by atoms with Crippen LogP contribution in [-0.4, -0.2) is 7.85 Å². The van der Waals surface area contributed by atoms with Gasteiger partial charge in [0.1, 0.15) is 7.85 Å². The van der Waals surface area contributed by atoms with Crippen LogP contribution >= 0.6 is 0 Å². The average Bonchev–Trinajstić information content (AvgIpc) is 2.28. The van der Waals surface area contributed by atoms with Gasteiger partial charge in [-0.2, -0.15) is 0 Å². The molecule has 0 amide bonds. The van der Waals surface area contributed by atoms with Crippen LogP contribution in [0.4, 0.5) is 8.78 Å². The average molecular weight is 218 g/mol. The standard InChI is InChI=1S/C13H13BF2/c1-8-2-4-9(5-3-8)10-6-7-11(14)13(16)12(10)15/h4,6-8H,2-3,5H2,1H3. The first-order valence-electron chi connectivity index (χ1n) is 5.52. The summed E-state index contributed by atoms with van der Waals surface area (Å²) in [5.41, 5.74) is 1.12. The summed E-state index contributed by atoms with van der Waals surface area (Å²) >= 11 is 0. The van der Waals surface area contributed by atoms with Crippen molar-refractivity contribution < 1.29 is 8.78 Å². The van der Waals surface area contributed by atoms with Crippen LogP contribution in [0, 0.1) is 17.6 Å². The quantitative estimate of drug-likeness (QED) is 0.635. The predicted octanol–water partition coefficient (Wildman–Crippen LogP) is 2.96. The molecule has 1 aromatic carbocycles. The Morgan fingerprint density at radius 2 is 2.00 bits per heavy atom. The van der Waals surface area contributed by atoms with Gasteiger partial charge < -0.3 is 0 Å². The van der Waals surface area contributed by atoms with Gasteiger partial charge in [0.15, 0.2) is 11.6 Å². The lowest BCUT2D eigenvalue weighted by molar-refractivity contribution is 0.506. The van der Waals surface area contributed by atoms with E-state index in [0.717, 1.165) is 24.8 Å². The van der Waals surface area contributed by atoms with Crippen molar-refractivity contribution in [1.82, 2.24) is 0 Å². The van der Waals surface area contributed by atoms with Crippen molar-refractivity contribution in [2.75, 3.05) is 0 Å². The molecule has 0 fully saturated rings. The normalized spacial score (nSPS) is 20.7. The molecule has 0 nitrogen and oxygen atoms in total. The maximum atomic E-state index is 13.6. The van der Waals surface area contributed by atoms with E-state index < -0.39 is 11.6 Å². The Labute approximate surface area is 95.8 Å². The van der Waals surface area contributed by atoms with Gasteiger partial charge in [-0.15, -0.1) is 0 Å². The lowest BCUT2D eigenvalue weighted by Crippen LogP contribution is -2.13. The van der Waals surface area contributed by atoms with E-state index in [-0.39, 0.29) is 5.46 Å². The number of benzene rings is 1. The Balaban J connectivity index is 2.38. The Kier molecular flexibility index (Phi) is 3.13. The lowest BCUT2D eigenvalue weighted by atomic mass is 9.85. The molecule has 2 rings (SSSR count). The van der Waals surface area contributed by atoms with Crippen LogP contribution in [0.25, 0.3) is 5.57 Å². The number of rotatable bonds is 1. The van der Waals surface area contributed by atoms with E-state index in [1.54, 1.807) is 6.07 Å². The maximum absolute atomic E-state index is 13.6. The van der Waals surface area contributed by atoms with Crippen molar-refractivity contribution in [3.05, 3.63) is 35.4 Å². The number of halogens is 2. The van der Waals surface area contributed by atoms with E-state index in [1.165, 1.54) is 6.07 Å². The van der Waals surface area contributed by atoms with Crippen LogP contribution in [-0.2, 0) is 0 Å². The van der Waals surface area contributed by atoms with Gasteiger partial charge in [0.05, 0.1) is 0 Å². The SMILES string of the molecule is [B]c1ccc(C2=CCC(C)CC2)c(F)c1F. The highest BCUT2D eigenvalue weighted by molar-refractivity contribution is 6.32. The van der Waals surface area contributed by atoms with Crippen LogP contribution < -0.4 is 5.46 Å². The molecular weight excluding hydrogens is 205 g/mol. The monoisotopic (exact) mass is 218 g/mol. The van der Waals surface area contributed by atoms with Crippen LogP contribution in [0.15, 0.2) is 18.2 Å².